The highest BCUT2D eigenvalue weighted by molar-refractivity contribution is 7.89. The number of sulfonamides is 1. The van der Waals surface area contributed by atoms with Gasteiger partial charge in [-0.3, -0.25) is 0 Å². The van der Waals surface area contributed by atoms with Gasteiger partial charge < -0.3 is 9.47 Å². The van der Waals surface area contributed by atoms with Gasteiger partial charge in [-0.25, -0.2) is 13.4 Å². The monoisotopic (exact) mass is 374 g/mol. The lowest BCUT2D eigenvalue weighted by Crippen LogP contribution is -2.31. The Morgan fingerprint density at radius 3 is 2.96 bits per heavy atom. The van der Waals surface area contributed by atoms with Crippen LogP contribution in [0.4, 0.5) is 0 Å². The molecule has 1 aromatic heterocycles. The fourth-order valence-corrected chi connectivity index (χ4v) is 4.87. The van der Waals surface area contributed by atoms with Gasteiger partial charge in [0.1, 0.15) is 16.7 Å². The number of thiazole rings is 1. The third-order valence-corrected chi connectivity index (χ3v) is 6.31. The van der Waals surface area contributed by atoms with E-state index < -0.39 is 10.0 Å². The first-order valence-corrected chi connectivity index (χ1v) is 9.60. The molecule has 9 heteroatoms. The first kappa shape index (κ1) is 16.5. The summed E-state index contributed by atoms with van der Waals surface area (Å²) in [5.41, 5.74) is 0. The van der Waals surface area contributed by atoms with Crippen LogP contribution in [0, 0.1) is 0 Å². The summed E-state index contributed by atoms with van der Waals surface area (Å²) >= 11 is 7.32. The van der Waals surface area contributed by atoms with Crippen LogP contribution in [0.1, 0.15) is 6.42 Å². The number of benzene rings is 1. The van der Waals surface area contributed by atoms with Crippen molar-refractivity contribution in [2.24, 2.45) is 0 Å². The highest BCUT2D eigenvalue weighted by Gasteiger charge is 2.35. The Bertz CT molecular complexity index is 780. The number of hydrogen-bond acceptors (Lipinski definition) is 6. The van der Waals surface area contributed by atoms with E-state index in [-0.39, 0.29) is 23.3 Å². The summed E-state index contributed by atoms with van der Waals surface area (Å²) in [6.07, 6.45) is 2.06. The molecule has 2 heterocycles. The van der Waals surface area contributed by atoms with Crippen molar-refractivity contribution >= 4 is 33.0 Å². The summed E-state index contributed by atoms with van der Waals surface area (Å²) in [6, 6.07) is 4.55. The molecule has 6 nitrogen and oxygen atoms in total. The van der Waals surface area contributed by atoms with Crippen molar-refractivity contribution in [3.8, 4) is 10.9 Å². The normalized spacial score (nSPS) is 19.0. The van der Waals surface area contributed by atoms with Gasteiger partial charge in [-0.05, 0) is 24.6 Å². The van der Waals surface area contributed by atoms with E-state index in [1.165, 1.54) is 28.8 Å². The van der Waals surface area contributed by atoms with Crippen LogP contribution < -0.4 is 9.47 Å². The fraction of sp³-hybridized carbons (Fsp3) is 0.357. The summed E-state index contributed by atoms with van der Waals surface area (Å²) in [4.78, 5) is 4.13. The minimum absolute atomic E-state index is 0.0717. The Labute approximate surface area is 143 Å². The maximum atomic E-state index is 12.8. The van der Waals surface area contributed by atoms with Crippen LogP contribution in [0.25, 0.3) is 0 Å². The van der Waals surface area contributed by atoms with Gasteiger partial charge in [-0.1, -0.05) is 22.9 Å². The van der Waals surface area contributed by atoms with Crippen LogP contribution in [0.5, 0.6) is 10.9 Å². The van der Waals surface area contributed by atoms with Gasteiger partial charge in [0.25, 0.3) is 5.19 Å². The Kier molecular flexibility index (Phi) is 4.77. The third-order valence-electron chi connectivity index (χ3n) is 3.53. The second kappa shape index (κ2) is 6.64. The van der Waals surface area contributed by atoms with Crippen LogP contribution in [0.15, 0.2) is 34.7 Å². The maximum absolute atomic E-state index is 12.8. The summed E-state index contributed by atoms with van der Waals surface area (Å²) in [5.74, 6) is 0.277. The van der Waals surface area contributed by atoms with E-state index in [0.29, 0.717) is 23.2 Å². The van der Waals surface area contributed by atoms with Crippen LogP contribution >= 0.6 is 22.9 Å². The number of ether oxygens (including phenoxy) is 2. The molecule has 1 unspecified atom stereocenters. The molecule has 0 radical (unpaired) electrons. The molecule has 1 saturated heterocycles. The number of aromatic nitrogens is 1. The number of methoxy groups -OCH3 is 1. The number of rotatable bonds is 5. The molecule has 0 N–H and O–H groups in total. The lowest BCUT2D eigenvalue weighted by atomic mass is 10.3. The zero-order valence-electron chi connectivity index (χ0n) is 12.3. The van der Waals surface area contributed by atoms with Gasteiger partial charge in [0.15, 0.2) is 0 Å². The van der Waals surface area contributed by atoms with Crippen molar-refractivity contribution in [3.05, 3.63) is 34.8 Å². The fourth-order valence-electron chi connectivity index (χ4n) is 2.41. The van der Waals surface area contributed by atoms with E-state index in [0.717, 1.165) is 0 Å². The van der Waals surface area contributed by atoms with Crippen molar-refractivity contribution in [1.82, 2.24) is 9.29 Å². The smallest absolute Gasteiger partial charge is 0.273 e. The summed E-state index contributed by atoms with van der Waals surface area (Å²) in [6.45, 7) is 0.658. The molecule has 1 fully saturated rings. The first-order valence-electron chi connectivity index (χ1n) is 6.90. The highest BCUT2D eigenvalue weighted by atomic mass is 35.5. The first-order chi connectivity index (χ1) is 11.0. The van der Waals surface area contributed by atoms with E-state index in [1.807, 2.05) is 5.38 Å². The molecular formula is C14H15ClN2O4S2. The molecule has 3 rings (SSSR count). The van der Waals surface area contributed by atoms with Gasteiger partial charge in [0.05, 0.1) is 13.7 Å². The zero-order chi connectivity index (χ0) is 16.4. The maximum Gasteiger partial charge on any atom is 0.273 e. The number of nitrogens with zero attached hydrogens (tertiary/aromatic N) is 2. The highest BCUT2D eigenvalue weighted by Crippen LogP contribution is 2.32. The molecule has 1 aliphatic rings. The topological polar surface area (TPSA) is 68.7 Å². The van der Waals surface area contributed by atoms with Gasteiger partial charge in [0, 0.05) is 23.1 Å². The van der Waals surface area contributed by atoms with Gasteiger partial charge in [0.2, 0.25) is 10.0 Å². The molecule has 0 aliphatic carbocycles. The summed E-state index contributed by atoms with van der Waals surface area (Å²) in [5, 5.41) is 2.71. The molecular weight excluding hydrogens is 360 g/mol. The SMILES string of the molecule is COc1ccc(Cl)cc1S(=O)(=O)N1CCC(Oc2nccs2)C1. The van der Waals surface area contributed by atoms with Crippen molar-refractivity contribution in [2.45, 2.75) is 17.4 Å². The number of halogens is 1. The average Bonchev–Trinajstić information content (AvgIpc) is 3.20. The molecule has 124 valence electrons. The van der Waals surface area contributed by atoms with E-state index in [1.54, 1.807) is 18.3 Å². The summed E-state index contributed by atoms with van der Waals surface area (Å²) < 4.78 is 37.9. The Hall–Kier alpha value is -1.35. The third kappa shape index (κ3) is 3.45. The molecule has 0 amide bonds. The largest absolute Gasteiger partial charge is 0.495 e. The van der Waals surface area contributed by atoms with Crippen LogP contribution in [-0.2, 0) is 10.0 Å². The molecule has 1 aromatic carbocycles. The lowest BCUT2D eigenvalue weighted by molar-refractivity contribution is 0.214. The molecule has 1 atom stereocenters. The van der Waals surface area contributed by atoms with Crippen molar-refractivity contribution < 1.29 is 17.9 Å². The zero-order valence-corrected chi connectivity index (χ0v) is 14.7. The molecule has 2 aromatic rings. The molecule has 0 spiro atoms. The molecule has 23 heavy (non-hydrogen) atoms. The summed E-state index contributed by atoms with van der Waals surface area (Å²) in [7, 11) is -2.26. The standard InChI is InChI=1S/C14H15ClN2O4S2/c1-20-12-3-2-10(15)8-13(12)23(18,19)17-6-4-11(9-17)21-14-16-5-7-22-14/h2-3,5,7-8,11H,4,6,9H2,1H3. The van der Waals surface area contributed by atoms with Crippen LogP contribution in [-0.4, -0.2) is 44.0 Å². The van der Waals surface area contributed by atoms with E-state index in [2.05, 4.69) is 4.98 Å². The number of hydrogen-bond donors (Lipinski definition) is 0. The van der Waals surface area contributed by atoms with Gasteiger partial charge in [-0.15, -0.1) is 0 Å². The predicted octanol–water partition coefficient (Wildman–Crippen LogP) is 2.65. The van der Waals surface area contributed by atoms with Crippen LogP contribution in [0.3, 0.4) is 0 Å². The lowest BCUT2D eigenvalue weighted by Gasteiger charge is -2.18. The van der Waals surface area contributed by atoms with Crippen molar-refractivity contribution in [1.29, 1.82) is 0 Å². The quantitative estimate of drug-likeness (QED) is 0.804. The predicted molar refractivity (Wildman–Crippen MR) is 87.9 cm³/mol. The Balaban J connectivity index is 1.80. The average molecular weight is 375 g/mol. The molecule has 1 aliphatic heterocycles. The van der Waals surface area contributed by atoms with Crippen LogP contribution in [0.2, 0.25) is 5.02 Å². The molecule has 0 saturated carbocycles. The second-order valence-electron chi connectivity index (χ2n) is 4.98. The molecule has 0 bridgehead atoms. The van der Waals surface area contributed by atoms with E-state index >= 15 is 0 Å². The Morgan fingerprint density at radius 1 is 1.43 bits per heavy atom. The minimum Gasteiger partial charge on any atom is -0.495 e. The van der Waals surface area contributed by atoms with E-state index in [4.69, 9.17) is 21.1 Å². The van der Waals surface area contributed by atoms with Gasteiger partial charge in [-0.2, -0.15) is 4.31 Å². The van der Waals surface area contributed by atoms with Crippen molar-refractivity contribution in [2.75, 3.05) is 20.2 Å². The Morgan fingerprint density at radius 2 is 2.26 bits per heavy atom. The minimum atomic E-state index is -3.69. The second-order valence-corrected chi connectivity index (χ2v) is 8.18. The van der Waals surface area contributed by atoms with Gasteiger partial charge >= 0.3 is 0 Å². The van der Waals surface area contributed by atoms with Crippen molar-refractivity contribution in [3.63, 3.8) is 0 Å². The van der Waals surface area contributed by atoms with E-state index in [9.17, 15) is 8.42 Å².